The van der Waals surface area contributed by atoms with Crippen LogP contribution in [0.25, 0.3) is 33.3 Å². The Morgan fingerprint density at radius 1 is 1.09 bits per heavy atom. The fourth-order valence-electron chi connectivity index (χ4n) is 2.82. The summed E-state index contributed by atoms with van der Waals surface area (Å²) in [5.74, 6) is 0. The van der Waals surface area contributed by atoms with E-state index in [-0.39, 0.29) is 5.56 Å². The van der Waals surface area contributed by atoms with Crippen LogP contribution in [-0.4, -0.2) is 19.7 Å². The molecule has 5 heteroatoms. The molecule has 1 N–H and O–H groups in total. The van der Waals surface area contributed by atoms with Crippen LogP contribution >= 0.6 is 0 Å². The third-order valence-corrected chi connectivity index (χ3v) is 3.95. The van der Waals surface area contributed by atoms with E-state index in [1.807, 2.05) is 54.3 Å². The van der Waals surface area contributed by atoms with Crippen molar-refractivity contribution in [1.29, 1.82) is 0 Å². The molecule has 0 radical (unpaired) electrons. The normalized spacial score (nSPS) is 11.0. The molecule has 112 valence electrons. The molecule has 2 aromatic carbocycles. The molecule has 0 unspecified atom stereocenters. The maximum atomic E-state index is 12.0. The molecule has 0 spiro atoms. The summed E-state index contributed by atoms with van der Waals surface area (Å²) < 4.78 is 1.85. The zero-order valence-electron chi connectivity index (χ0n) is 12.5. The second-order valence-electron chi connectivity index (χ2n) is 5.35. The molecular formula is C18H14N4O. The van der Waals surface area contributed by atoms with Crippen molar-refractivity contribution in [2.24, 2.45) is 7.05 Å². The van der Waals surface area contributed by atoms with Gasteiger partial charge in [0.2, 0.25) is 0 Å². The van der Waals surface area contributed by atoms with Gasteiger partial charge in [-0.1, -0.05) is 30.3 Å². The van der Waals surface area contributed by atoms with Crippen molar-refractivity contribution in [2.75, 3.05) is 0 Å². The summed E-state index contributed by atoms with van der Waals surface area (Å²) in [4.78, 5) is 18.8. The van der Waals surface area contributed by atoms with E-state index in [9.17, 15) is 4.79 Å². The number of hydrogen-bond donors (Lipinski definition) is 1. The summed E-state index contributed by atoms with van der Waals surface area (Å²) in [6.45, 7) is 0. The van der Waals surface area contributed by atoms with E-state index < -0.39 is 0 Å². The summed E-state index contributed by atoms with van der Waals surface area (Å²) in [6, 6.07) is 14.0. The Balaban J connectivity index is 1.92. The smallest absolute Gasteiger partial charge is 0.274 e. The van der Waals surface area contributed by atoms with Crippen molar-refractivity contribution >= 4 is 10.9 Å². The minimum absolute atomic E-state index is 0.191. The Kier molecular flexibility index (Phi) is 3.05. The lowest BCUT2D eigenvalue weighted by Crippen LogP contribution is -2.09. The van der Waals surface area contributed by atoms with Gasteiger partial charge < -0.3 is 4.98 Å². The molecule has 0 bridgehead atoms. The molecule has 0 amide bonds. The van der Waals surface area contributed by atoms with Crippen molar-refractivity contribution in [2.45, 2.75) is 0 Å². The van der Waals surface area contributed by atoms with Gasteiger partial charge in [-0.15, -0.1) is 0 Å². The average molecular weight is 302 g/mol. The van der Waals surface area contributed by atoms with E-state index in [2.05, 4.69) is 21.1 Å². The molecule has 4 rings (SSSR count). The zero-order valence-corrected chi connectivity index (χ0v) is 12.5. The summed E-state index contributed by atoms with van der Waals surface area (Å²) in [7, 11) is 1.93. The van der Waals surface area contributed by atoms with Gasteiger partial charge in [-0.2, -0.15) is 5.10 Å². The van der Waals surface area contributed by atoms with Gasteiger partial charge in [-0.25, -0.2) is 4.98 Å². The van der Waals surface area contributed by atoms with Gasteiger partial charge in [-0.05, 0) is 23.3 Å². The molecule has 0 aliphatic carbocycles. The number of benzene rings is 2. The van der Waals surface area contributed by atoms with Crippen molar-refractivity contribution in [1.82, 2.24) is 19.7 Å². The molecular weight excluding hydrogens is 288 g/mol. The van der Waals surface area contributed by atoms with Gasteiger partial charge in [-0.3, -0.25) is 9.48 Å². The molecule has 2 heterocycles. The van der Waals surface area contributed by atoms with Crippen LogP contribution < -0.4 is 5.56 Å². The molecule has 0 saturated carbocycles. The molecule has 4 aromatic rings. The van der Waals surface area contributed by atoms with E-state index in [1.54, 1.807) is 6.20 Å². The predicted molar refractivity (Wildman–Crippen MR) is 90.0 cm³/mol. The fraction of sp³-hybridized carbons (Fsp3) is 0.0556. The highest BCUT2D eigenvalue weighted by Gasteiger charge is 2.09. The first kappa shape index (κ1) is 13.5. The first-order chi connectivity index (χ1) is 11.2. The number of hydrogen-bond acceptors (Lipinski definition) is 3. The van der Waals surface area contributed by atoms with Gasteiger partial charge in [0, 0.05) is 30.4 Å². The molecule has 0 aliphatic heterocycles. The van der Waals surface area contributed by atoms with Gasteiger partial charge in [0.05, 0.1) is 11.7 Å². The Labute approximate surface area is 132 Å². The number of aryl methyl sites for hydroxylation is 1. The fourth-order valence-corrected chi connectivity index (χ4v) is 2.82. The molecule has 0 fully saturated rings. The minimum Gasteiger partial charge on any atom is -0.326 e. The lowest BCUT2D eigenvalue weighted by molar-refractivity contribution is 0.797. The van der Waals surface area contributed by atoms with Gasteiger partial charge in [0.25, 0.3) is 5.56 Å². The summed E-state index contributed by atoms with van der Waals surface area (Å²) in [6.07, 6.45) is 4.99. The van der Waals surface area contributed by atoms with E-state index in [1.165, 1.54) is 6.20 Å². The van der Waals surface area contributed by atoms with Crippen LogP contribution in [0, 0.1) is 0 Å². The molecule has 0 atom stereocenters. The summed E-state index contributed by atoms with van der Waals surface area (Å²) in [5.41, 5.74) is 4.22. The van der Waals surface area contributed by atoms with E-state index in [0.29, 0.717) is 5.69 Å². The standard InChI is InChI=1S/C18H14N4O/c1-22-16-7-3-6-14(15(16)11-21-22)12-4-2-5-13(10-12)17-18(23)20-9-8-19-17/h2-11H,1H3,(H,20,23). The van der Waals surface area contributed by atoms with Crippen molar-refractivity contribution in [3.8, 4) is 22.4 Å². The van der Waals surface area contributed by atoms with Crippen LogP contribution in [0.1, 0.15) is 0 Å². The summed E-state index contributed by atoms with van der Waals surface area (Å²) in [5, 5.41) is 5.41. The number of fused-ring (bicyclic) bond motifs is 1. The van der Waals surface area contributed by atoms with Crippen molar-refractivity contribution in [3.05, 3.63) is 71.4 Å². The Hall–Kier alpha value is -3.21. The summed E-state index contributed by atoms with van der Waals surface area (Å²) >= 11 is 0. The number of H-pyrrole nitrogens is 1. The number of aromatic nitrogens is 4. The average Bonchev–Trinajstić information content (AvgIpc) is 2.97. The zero-order chi connectivity index (χ0) is 15.8. The van der Waals surface area contributed by atoms with Gasteiger partial charge >= 0.3 is 0 Å². The minimum atomic E-state index is -0.191. The monoisotopic (exact) mass is 302 g/mol. The highest BCUT2D eigenvalue weighted by atomic mass is 16.1. The van der Waals surface area contributed by atoms with E-state index in [0.717, 1.165) is 27.6 Å². The second kappa shape index (κ2) is 5.21. The Morgan fingerprint density at radius 2 is 1.91 bits per heavy atom. The third kappa shape index (κ3) is 2.23. The first-order valence-corrected chi connectivity index (χ1v) is 7.29. The maximum Gasteiger partial charge on any atom is 0.274 e. The maximum absolute atomic E-state index is 12.0. The molecule has 5 nitrogen and oxygen atoms in total. The van der Waals surface area contributed by atoms with Crippen LogP contribution in [-0.2, 0) is 7.05 Å². The van der Waals surface area contributed by atoms with Crippen molar-refractivity contribution in [3.63, 3.8) is 0 Å². The quantitative estimate of drug-likeness (QED) is 0.619. The largest absolute Gasteiger partial charge is 0.326 e. The van der Waals surface area contributed by atoms with Crippen LogP contribution in [0.15, 0.2) is 65.8 Å². The molecule has 23 heavy (non-hydrogen) atoms. The molecule has 2 aromatic heterocycles. The van der Waals surface area contributed by atoms with E-state index >= 15 is 0 Å². The van der Waals surface area contributed by atoms with E-state index in [4.69, 9.17) is 0 Å². The Morgan fingerprint density at radius 3 is 2.78 bits per heavy atom. The number of nitrogens with zero attached hydrogens (tertiary/aromatic N) is 3. The highest BCUT2D eigenvalue weighted by molar-refractivity contribution is 5.95. The third-order valence-electron chi connectivity index (χ3n) is 3.95. The topological polar surface area (TPSA) is 63.6 Å². The Bertz CT molecular complexity index is 1060. The van der Waals surface area contributed by atoms with Crippen LogP contribution in [0.4, 0.5) is 0 Å². The van der Waals surface area contributed by atoms with Gasteiger partial charge in [0.1, 0.15) is 5.69 Å². The predicted octanol–water partition coefficient (Wildman–Crippen LogP) is 2.99. The number of aromatic amines is 1. The molecule has 0 saturated heterocycles. The SMILES string of the molecule is Cn1ncc2c(-c3cccc(-c4ncc[nH]c4=O)c3)cccc21. The van der Waals surface area contributed by atoms with Gasteiger partial charge in [0.15, 0.2) is 0 Å². The van der Waals surface area contributed by atoms with Crippen LogP contribution in [0.5, 0.6) is 0 Å². The van der Waals surface area contributed by atoms with Crippen LogP contribution in [0.3, 0.4) is 0 Å². The molecule has 0 aliphatic rings. The lowest BCUT2D eigenvalue weighted by Gasteiger charge is -2.06. The number of nitrogens with one attached hydrogen (secondary N) is 1. The highest BCUT2D eigenvalue weighted by Crippen LogP contribution is 2.30. The number of rotatable bonds is 2. The van der Waals surface area contributed by atoms with Crippen molar-refractivity contribution < 1.29 is 0 Å². The van der Waals surface area contributed by atoms with Crippen LogP contribution in [0.2, 0.25) is 0 Å². The second-order valence-corrected chi connectivity index (χ2v) is 5.35. The first-order valence-electron chi connectivity index (χ1n) is 7.29. The lowest BCUT2D eigenvalue weighted by atomic mass is 9.99.